The topological polar surface area (TPSA) is 69.3 Å². The highest BCUT2D eigenvalue weighted by atomic mass is 16.5. The van der Waals surface area contributed by atoms with E-state index in [1.54, 1.807) is 11.8 Å². The van der Waals surface area contributed by atoms with Gasteiger partial charge in [0.2, 0.25) is 5.88 Å². The van der Waals surface area contributed by atoms with Crippen LogP contribution >= 0.6 is 0 Å². The van der Waals surface area contributed by atoms with Gasteiger partial charge in [-0.25, -0.2) is 4.68 Å². The van der Waals surface area contributed by atoms with E-state index < -0.39 is 0 Å². The number of ether oxygens (including phenoxy) is 1. The minimum absolute atomic E-state index is 0.0571. The lowest BCUT2D eigenvalue weighted by Crippen LogP contribution is -2.21. The molecule has 0 bridgehead atoms. The molecule has 116 valence electrons. The zero-order valence-corrected chi connectivity index (χ0v) is 13.2. The summed E-state index contributed by atoms with van der Waals surface area (Å²) in [6, 6.07) is 5.93. The summed E-state index contributed by atoms with van der Waals surface area (Å²) in [6.45, 7) is 4.71. The van der Waals surface area contributed by atoms with Gasteiger partial charge < -0.3 is 10.1 Å². The Bertz CT molecular complexity index is 791. The number of pyridine rings is 1. The van der Waals surface area contributed by atoms with Crippen molar-refractivity contribution in [3.8, 4) is 5.88 Å². The van der Waals surface area contributed by atoms with Crippen molar-refractivity contribution in [3.05, 3.63) is 41.5 Å². The van der Waals surface area contributed by atoms with Gasteiger partial charge in [-0.05, 0) is 26.0 Å². The van der Waals surface area contributed by atoms with Crippen molar-refractivity contribution in [2.24, 2.45) is 7.05 Å². The van der Waals surface area contributed by atoms with Crippen LogP contribution in [0.5, 0.6) is 5.88 Å². The molecule has 0 aromatic carbocycles. The Hall–Kier alpha value is -2.41. The molecule has 22 heavy (non-hydrogen) atoms. The molecule has 3 aromatic rings. The molecule has 0 aliphatic rings. The fourth-order valence-corrected chi connectivity index (χ4v) is 2.64. The van der Waals surface area contributed by atoms with Crippen LogP contribution in [0.15, 0.2) is 24.4 Å². The van der Waals surface area contributed by atoms with Crippen molar-refractivity contribution in [1.82, 2.24) is 29.7 Å². The fourth-order valence-electron chi connectivity index (χ4n) is 2.64. The number of hydrogen-bond donors (Lipinski definition) is 1. The molecule has 0 radical (unpaired) electrons. The number of nitrogens with zero attached hydrogens (tertiary/aromatic N) is 5. The Kier molecular flexibility index (Phi) is 3.81. The number of methoxy groups -OCH3 is 1. The largest absolute Gasteiger partial charge is 0.481 e. The summed E-state index contributed by atoms with van der Waals surface area (Å²) in [5, 5.41) is 16.3. The smallest absolute Gasteiger partial charge is 0.216 e. The summed E-state index contributed by atoms with van der Waals surface area (Å²) in [5.74, 6) is 1.67. The second-order valence-corrected chi connectivity index (χ2v) is 5.29. The van der Waals surface area contributed by atoms with Crippen molar-refractivity contribution in [2.75, 3.05) is 7.11 Å². The van der Waals surface area contributed by atoms with Crippen LogP contribution < -0.4 is 10.1 Å². The Labute approximate surface area is 128 Å². The minimum atomic E-state index is 0.0571. The van der Waals surface area contributed by atoms with Crippen molar-refractivity contribution in [2.45, 2.75) is 26.4 Å². The molecular formula is C15H20N6O. The van der Waals surface area contributed by atoms with Crippen molar-refractivity contribution >= 4 is 5.65 Å². The summed E-state index contributed by atoms with van der Waals surface area (Å²) >= 11 is 0. The normalized spacial score (nSPS) is 12.7. The van der Waals surface area contributed by atoms with Crippen molar-refractivity contribution in [1.29, 1.82) is 0 Å². The van der Waals surface area contributed by atoms with E-state index >= 15 is 0 Å². The molecule has 1 unspecified atom stereocenters. The van der Waals surface area contributed by atoms with Crippen LogP contribution in [-0.4, -0.2) is 31.5 Å². The van der Waals surface area contributed by atoms with Crippen LogP contribution in [0.3, 0.4) is 0 Å². The van der Waals surface area contributed by atoms with Crippen LogP contribution in [0.2, 0.25) is 0 Å². The highest BCUT2D eigenvalue weighted by molar-refractivity contribution is 5.37. The molecule has 0 amide bonds. The standard InChI is InChI=1S/C15H20N6O/c1-10-12(15(22-4)20(3)19-10)9-16-11(2)14-18-17-13-7-5-6-8-21(13)14/h5-8,11,16H,9H2,1-4H3. The quantitative estimate of drug-likeness (QED) is 0.775. The zero-order chi connectivity index (χ0) is 15.7. The van der Waals surface area contributed by atoms with E-state index in [9.17, 15) is 0 Å². The number of fused-ring (bicyclic) bond motifs is 1. The van der Waals surface area contributed by atoms with Gasteiger partial charge in [0.25, 0.3) is 0 Å². The number of aromatic nitrogens is 5. The predicted molar refractivity (Wildman–Crippen MR) is 82.7 cm³/mol. The molecule has 7 nitrogen and oxygen atoms in total. The molecule has 0 aliphatic heterocycles. The first kappa shape index (κ1) is 14.5. The summed E-state index contributed by atoms with van der Waals surface area (Å²) in [4.78, 5) is 0. The van der Waals surface area contributed by atoms with Gasteiger partial charge in [-0.15, -0.1) is 10.2 Å². The van der Waals surface area contributed by atoms with Crippen LogP contribution in [0.1, 0.15) is 30.0 Å². The second-order valence-electron chi connectivity index (χ2n) is 5.29. The van der Waals surface area contributed by atoms with Crippen molar-refractivity contribution < 1.29 is 4.74 Å². The number of aryl methyl sites for hydroxylation is 2. The van der Waals surface area contributed by atoms with Crippen LogP contribution in [0.25, 0.3) is 5.65 Å². The molecule has 0 spiro atoms. The van der Waals surface area contributed by atoms with Gasteiger partial charge in [0.05, 0.1) is 24.4 Å². The molecule has 3 rings (SSSR count). The molecule has 0 saturated carbocycles. The van der Waals surface area contributed by atoms with Gasteiger partial charge in [-0.2, -0.15) is 5.10 Å². The summed E-state index contributed by atoms with van der Waals surface area (Å²) in [6.07, 6.45) is 1.97. The number of hydrogen-bond acceptors (Lipinski definition) is 5. The summed E-state index contributed by atoms with van der Waals surface area (Å²) < 4.78 is 9.16. The molecule has 0 saturated heterocycles. The molecule has 1 atom stereocenters. The van der Waals surface area contributed by atoms with Gasteiger partial charge in [0, 0.05) is 19.8 Å². The Morgan fingerprint density at radius 2 is 2.14 bits per heavy atom. The van der Waals surface area contributed by atoms with E-state index in [-0.39, 0.29) is 6.04 Å². The van der Waals surface area contributed by atoms with Crippen LogP contribution in [0.4, 0.5) is 0 Å². The molecule has 0 fully saturated rings. The van der Waals surface area contributed by atoms with Crippen molar-refractivity contribution in [3.63, 3.8) is 0 Å². The molecule has 3 heterocycles. The summed E-state index contributed by atoms with van der Waals surface area (Å²) in [5.41, 5.74) is 2.87. The number of rotatable bonds is 5. The lowest BCUT2D eigenvalue weighted by atomic mass is 10.2. The minimum Gasteiger partial charge on any atom is -0.481 e. The van der Waals surface area contributed by atoms with E-state index in [1.807, 2.05) is 42.8 Å². The number of nitrogens with one attached hydrogen (secondary N) is 1. The maximum atomic E-state index is 5.42. The third-order valence-corrected chi connectivity index (χ3v) is 3.79. The predicted octanol–water partition coefficient (Wildman–Crippen LogP) is 1.63. The third-order valence-electron chi connectivity index (χ3n) is 3.79. The SMILES string of the molecule is COc1c(CNC(C)c2nnc3ccccn23)c(C)nn1C. The molecular weight excluding hydrogens is 280 g/mol. The van der Waals surface area contributed by atoms with E-state index in [2.05, 4.69) is 27.5 Å². The van der Waals surface area contributed by atoms with Gasteiger partial charge in [-0.3, -0.25) is 4.40 Å². The third kappa shape index (κ3) is 2.43. The second kappa shape index (κ2) is 5.76. The van der Waals surface area contributed by atoms with Gasteiger partial charge >= 0.3 is 0 Å². The zero-order valence-electron chi connectivity index (χ0n) is 13.2. The first-order valence-electron chi connectivity index (χ1n) is 7.21. The van der Waals surface area contributed by atoms with E-state index in [4.69, 9.17) is 4.74 Å². The molecule has 1 N–H and O–H groups in total. The molecule has 7 heteroatoms. The fraction of sp³-hybridized carbons (Fsp3) is 0.400. The molecule has 3 aromatic heterocycles. The lowest BCUT2D eigenvalue weighted by molar-refractivity contribution is 0.366. The van der Waals surface area contributed by atoms with Gasteiger partial charge in [0.1, 0.15) is 0 Å². The average molecular weight is 300 g/mol. The van der Waals surface area contributed by atoms with Gasteiger partial charge in [0.15, 0.2) is 11.5 Å². The average Bonchev–Trinajstić information content (AvgIpc) is 3.05. The summed E-state index contributed by atoms with van der Waals surface area (Å²) in [7, 11) is 3.54. The van der Waals surface area contributed by atoms with E-state index in [0.717, 1.165) is 28.6 Å². The highest BCUT2D eigenvalue weighted by Gasteiger charge is 2.17. The van der Waals surface area contributed by atoms with Crippen LogP contribution in [0, 0.1) is 6.92 Å². The highest BCUT2D eigenvalue weighted by Crippen LogP contribution is 2.22. The first-order valence-corrected chi connectivity index (χ1v) is 7.21. The Morgan fingerprint density at radius 1 is 1.32 bits per heavy atom. The maximum Gasteiger partial charge on any atom is 0.216 e. The lowest BCUT2D eigenvalue weighted by Gasteiger charge is -2.13. The first-order chi connectivity index (χ1) is 10.6. The maximum absolute atomic E-state index is 5.42. The Balaban J connectivity index is 1.79. The van der Waals surface area contributed by atoms with Gasteiger partial charge in [-0.1, -0.05) is 6.07 Å². The van der Waals surface area contributed by atoms with Crippen LogP contribution in [-0.2, 0) is 13.6 Å². The Morgan fingerprint density at radius 3 is 2.91 bits per heavy atom. The van der Waals surface area contributed by atoms with E-state index in [0.29, 0.717) is 6.54 Å². The van der Waals surface area contributed by atoms with E-state index in [1.165, 1.54) is 0 Å². The monoisotopic (exact) mass is 300 g/mol. The molecule has 0 aliphatic carbocycles.